The van der Waals surface area contributed by atoms with Crippen molar-refractivity contribution in [2.75, 3.05) is 49.6 Å². The van der Waals surface area contributed by atoms with Crippen LogP contribution in [0.25, 0.3) is 10.9 Å². The van der Waals surface area contributed by atoms with Gasteiger partial charge in [-0.25, -0.2) is 9.97 Å². The quantitative estimate of drug-likeness (QED) is 0.567. The first kappa shape index (κ1) is 23.3. The van der Waals surface area contributed by atoms with Gasteiger partial charge in [0.15, 0.2) is 0 Å². The SMILES string of the molecule is CC(C)N1CCC(Oc2cc(C#N)cc3cnc(Nc4ccc(N5CCOCC5)cc4)nc23)CC1. The van der Waals surface area contributed by atoms with Crippen LogP contribution in [0.2, 0.25) is 0 Å². The normalized spacial score (nSPS) is 17.5. The van der Waals surface area contributed by atoms with E-state index in [4.69, 9.17) is 14.5 Å². The fourth-order valence-corrected chi connectivity index (χ4v) is 4.72. The number of rotatable bonds is 6. The molecule has 2 fully saturated rings. The van der Waals surface area contributed by atoms with Crippen molar-refractivity contribution in [3.8, 4) is 11.8 Å². The van der Waals surface area contributed by atoms with Crippen LogP contribution in [0, 0.1) is 11.3 Å². The highest BCUT2D eigenvalue weighted by atomic mass is 16.5. The molecule has 3 heterocycles. The van der Waals surface area contributed by atoms with Crippen LogP contribution in [0.5, 0.6) is 5.75 Å². The van der Waals surface area contributed by atoms with Crippen molar-refractivity contribution >= 4 is 28.2 Å². The summed E-state index contributed by atoms with van der Waals surface area (Å²) in [6, 6.07) is 14.7. The van der Waals surface area contributed by atoms with Crippen LogP contribution in [-0.4, -0.2) is 66.4 Å². The molecule has 8 nitrogen and oxygen atoms in total. The molecule has 2 aromatic carbocycles. The zero-order chi connectivity index (χ0) is 24.2. The fraction of sp³-hybridized carbons (Fsp3) is 0.444. The van der Waals surface area contributed by atoms with Gasteiger partial charge in [-0.15, -0.1) is 0 Å². The van der Waals surface area contributed by atoms with Crippen LogP contribution in [0.1, 0.15) is 32.3 Å². The number of ether oxygens (including phenoxy) is 2. The molecule has 2 aliphatic heterocycles. The van der Waals surface area contributed by atoms with E-state index in [-0.39, 0.29) is 6.10 Å². The molecule has 0 aliphatic carbocycles. The summed E-state index contributed by atoms with van der Waals surface area (Å²) in [7, 11) is 0. The predicted octanol–water partition coefficient (Wildman–Crippen LogP) is 4.33. The lowest BCUT2D eigenvalue weighted by molar-refractivity contribution is 0.0852. The Balaban J connectivity index is 1.34. The largest absolute Gasteiger partial charge is 0.488 e. The van der Waals surface area contributed by atoms with Crippen molar-refractivity contribution in [2.45, 2.75) is 38.8 Å². The Kier molecular flexibility index (Phi) is 6.98. The molecule has 0 amide bonds. The molecule has 0 bridgehead atoms. The maximum absolute atomic E-state index is 9.51. The third-order valence-electron chi connectivity index (χ3n) is 6.78. The lowest BCUT2D eigenvalue weighted by Crippen LogP contribution is -2.41. The average Bonchev–Trinajstić information content (AvgIpc) is 2.90. The van der Waals surface area contributed by atoms with Gasteiger partial charge in [0.25, 0.3) is 0 Å². The van der Waals surface area contributed by atoms with Crippen molar-refractivity contribution in [1.82, 2.24) is 14.9 Å². The fourth-order valence-electron chi connectivity index (χ4n) is 4.72. The van der Waals surface area contributed by atoms with Crippen molar-refractivity contribution in [1.29, 1.82) is 5.26 Å². The molecule has 5 rings (SSSR count). The molecule has 182 valence electrons. The van der Waals surface area contributed by atoms with Crippen LogP contribution < -0.4 is 15.0 Å². The maximum Gasteiger partial charge on any atom is 0.227 e. The van der Waals surface area contributed by atoms with Gasteiger partial charge in [0.2, 0.25) is 5.95 Å². The predicted molar refractivity (Wildman–Crippen MR) is 137 cm³/mol. The van der Waals surface area contributed by atoms with Gasteiger partial charge < -0.3 is 24.6 Å². The van der Waals surface area contributed by atoms with Gasteiger partial charge in [0, 0.05) is 61.2 Å². The van der Waals surface area contributed by atoms with Crippen LogP contribution in [0.4, 0.5) is 17.3 Å². The summed E-state index contributed by atoms with van der Waals surface area (Å²) in [5.41, 5.74) is 3.37. The van der Waals surface area contributed by atoms with E-state index in [9.17, 15) is 5.26 Å². The Morgan fingerprint density at radius 3 is 2.51 bits per heavy atom. The number of benzene rings is 2. The third kappa shape index (κ3) is 5.47. The van der Waals surface area contributed by atoms with Crippen LogP contribution >= 0.6 is 0 Å². The molecule has 0 saturated carbocycles. The summed E-state index contributed by atoms with van der Waals surface area (Å²) in [5.74, 6) is 1.15. The molecule has 2 aliphatic rings. The van der Waals surface area contributed by atoms with Crippen LogP contribution in [0.3, 0.4) is 0 Å². The molecular formula is C27H32N6O2. The summed E-state index contributed by atoms with van der Waals surface area (Å²) in [5, 5.41) is 13.6. The zero-order valence-electron chi connectivity index (χ0n) is 20.4. The van der Waals surface area contributed by atoms with Crippen molar-refractivity contribution in [3.05, 3.63) is 48.2 Å². The molecule has 1 N–H and O–H groups in total. The van der Waals surface area contributed by atoms with E-state index >= 15 is 0 Å². The van der Waals surface area contributed by atoms with Crippen molar-refractivity contribution < 1.29 is 9.47 Å². The molecule has 0 radical (unpaired) electrons. The number of nitrogens with one attached hydrogen (secondary N) is 1. The Morgan fingerprint density at radius 2 is 1.83 bits per heavy atom. The van der Waals surface area contributed by atoms with Crippen LogP contribution in [0.15, 0.2) is 42.6 Å². The van der Waals surface area contributed by atoms with E-state index in [1.807, 2.05) is 18.2 Å². The van der Waals surface area contributed by atoms with Gasteiger partial charge in [0.05, 0.1) is 24.8 Å². The lowest BCUT2D eigenvalue weighted by atomic mass is 10.1. The third-order valence-corrected chi connectivity index (χ3v) is 6.78. The maximum atomic E-state index is 9.51. The Bertz CT molecular complexity index is 1190. The minimum atomic E-state index is 0.112. The van der Waals surface area contributed by atoms with E-state index in [0.29, 0.717) is 23.3 Å². The van der Waals surface area contributed by atoms with E-state index in [2.05, 4.69) is 52.2 Å². The Labute approximate surface area is 206 Å². The Morgan fingerprint density at radius 1 is 1.09 bits per heavy atom. The second kappa shape index (κ2) is 10.5. The monoisotopic (exact) mass is 472 g/mol. The van der Waals surface area contributed by atoms with E-state index < -0.39 is 0 Å². The number of morpholine rings is 1. The molecule has 35 heavy (non-hydrogen) atoms. The number of fused-ring (bicyclic) bond motifs is 1. The second-order valence-electron chi connectivity index (χ2n) is 9.44. The summed E-state index contributed by atoms with van der Waals surface area (Å²) in [6.45, 7) is 9.83. The number of hydrogen-bond donors (Lipinski definition) is 1. The Hall–Kier alpha value is -3.41. The molecule has 0 unspecified atom stereocenters. The van der Waals surface area contributed by atoms with Gasteiger partial charge in [-0.1, -0.05) is 0 Å². The van der Waals surface area contributed by atoms with Crippen LogP contribution in [-0.2, 0) is 4.74 Å². The second-order valence-corrected chi connectivity index (χ2v) is 9.44. The summed E-state index contributed by atoms with van der Waals surface area (Å²) in [4.78, 5) is 14.1. The number of hydrogen-bond acceptors (Lipinski definition) is 8. The van der Waals surface area contributed by atoms with Gasteiger partial charge >= 0.3 is 0 Å². The van der Waals surface area contributed by atoms with Gasteiger partial charge in [-0.3, -0.25) is 0 Å². The average molecular weight is 473 g/mol. The number of piperidine rings is 1. The topological polar surface area (TPSA) is 86.5 Å². The van der Waals surface area contributed by atoms with Crippen molar-refractivity contribution in [3.63, 3.8) is 0 Å². The molecule has 0 atom stereocenters. The first-order chi connectivity index (χ1) is 17.1. The molecule has 8 heteroatoms. The first-order valence-electron chi connectivity index (χ1n) is 12.4. The molecular weight excluding hydrogens is 440 g/mol. The van der Waals surface area contributed by atoms with Gasteiger partial charge in [0.1, 0.15) is 17.4 Å². The number of nitrogens with zero attached hydrogens (tertiary/aromatic N) is 5. The van der Waals surface area contributed by atoms with Gasteiger partial charge in [-0.05, 0) is 57.0 Å². The molecule has 3 aromatic rings. The lowest BCUT2D eigenvalue weighted by Gasteiger charge is -2.34. The standard InChI is InChI=1S/C27H32N6O2/c1-19(2)32-9-7-24(8-10-32)35-25-16-20(17-28)15-21-18-29-27(31-26(21)25)30-22-3-5-23(6-4-22)33-11-13-34-14-12-33/h3-6,15-16,18-19,24H,7-14H2,1-2H3,(H,29,30,31). The minimum absolute atomic E-state index is 0.112. The van der Waals surface area contributed by atoms with Gasteiger partial charge in [-0.2, -0.15) is 5.26 Å². The summed E-state index contributed by atoms with van der Waals surface area (Å²) < 4.78 is 11.9. The highest BCUT2D eigenvalue weighted by Gasteiger charge is 2.23. The molecule has 2 saturated heterocycles. The van der Waals surface area contributed by atoms with E-state index in [0.717, 1.165) is 68.8 Å². The highest BCUT2D eigenvalue weighted by molar-refractivity contribution is 5.86. The number of aromatic nitrogens is 2. The number of nitriles is 1. The highest BCUT2D eigenvalue weighted by Crippen LogP contribution is 2.30. The van der Waals surface area contributed by atoms with Crippen molar-refractivity contribution in [2.24, 2.45) is 0 Å². The zero-order valence-corrected chi connectivity index (χ0v) is 20.4. The van der Waals surface area contributed by atoms with E-state index in [1.54, 1.807) is 12.3 Å². The summed E-state index contributed by atoms with van der Waals surface area (Å²) >= 11 is 0. The smallest absolute Gasteiger partial charge is 0.227 e. The molecule has 0 spiro atoms. The summed E-state index contributed by atoms with van der Waals surface area (Å²) in [6.07, 6.45) is 3.78. The number of likely N-dealkylation sites (tertiary alicyclic amines) is 1. The number of anilines is 3. The first-order valence-corrected chi connectivity index (χ1v) is 12.4. The molecule has 1 aromatic heterocycles. The van der Waals surface area contributed by atoms with E-state index in [1.165, 1.54) is 5.69 Å². The minimum Gasteiger partial charge on any atom is -0.488 e.